The van der Waals surface area contributed by atoms with E-state index < -0.39 is 0 Å². The zero-order valence-corrected chi connectivity index (χ0v) is 30.5. The molecule has 14 atom stereocenters. The van der Waals surface area contributed by atoms with Crippen molar-refractivity contribution < 1.29 is 38.0 Å². The quantitative estimate of drug-likeness (QED) is 0.170. The van der Waals surface area contributed by atoms with E-state index in [0.717, 1.165) is 90.4 Å². The zero-order valence-electron chi connectivity index (χ0n) is 30.5. The van der Waals surface area contributed by atoms with E-state index in [1.807, 2.05) is 0 Å². The number of ether oxygens (including phenoxy) is 7. The highest BCUT2D eigenvalue weighted by molar-refractivity contribution is 5.69. The third-order valence-corrected chi connectivity index (χ3v) is 14.9. The summed E-state index contributed by atoms with van der Waals surface area (Å²) in [6, 6.07) is 0. The van der Waals surface area contributed by atoms with E-state index in [-0.39, 0.29) is 54.0 Å². The Hall–Kier alpha value is -0.770. The van der Waals surface area contributed by atoms with Gasteiger partial charge in [-0.15, -0.1) is 0 Å². The maximum absolute atomic E-state index is 12.2. The van der Waals surface area contributed by atoms with Gasteiger partial charge in [-0.3, -0.25) is 4.79 Å². The van der Waals surface area contributed by atoms with E-state index in [1.165, 1.54) is 45.6 Å². The van der Waals surface area contributed by atoms with E-state index in [1.54, 1.807) is 0 Å². The van der Waals surface area contributed by atoms with Crippen LogP contribution in [-0.2, 0) is 38.0 Å². The molecule has 274 valence electrons. The molecule has 0 aromatic heterocycles. The molecule has 0 radical (unpaired) electrons. The van der Waals surface area contributed by atoms with Crippen LogP contribution in [0.15, 0.2) is 0 Å². The van der Waals surface area contributed by atoms with Crippen molar-refractivity contribution in [3.05, 3.63) is 0 Å². The van der Waals surface area contributed by atoms with Gasteiger partial charge in [-0.25, -0.2) is 0 Å². The predicted octanol–water partition coefficient (Wildman–Crippen LogP) is 8.19. The van der Waals surface area contributed by atoms with Crippen molar-refractivity contribution in [1.82, 2.24) is 0 Å². The Bertz CT molecular complexity index is 1050. The average molecular weight is 675 g/mol. The molecular formula is C40H66O8. The average Bonchev–Trinajstić information content (AvgIpc) is 3.47. The van der Waals surface area contributed by atoms with Gasteiger partial charge in [0.05, 0.1) is 25.4 Å². The first-order valence-electron chi connectivity index (χ1n) is 20.2. The molecule has 48 heavy (non-hydrogen) atoms. The highest BCUT2D eigenvalue weighted by Gasteiger charge is 2.67. The SMILES string of the molecule is COC(=O)CC[C@@H](C)[C@H]1CC[C@H]2[C@@H]3[C@H](OC4CCCCO4)C[C@@H]4C[C@H](OC5CCCCO5)CC[C@]4(C)[C@H]3C[C@H](OC3CCCCO3)[C@]12C. The fraction of sp³-hybridized carbons (Fsp3) is 0.975. The number of carbonyl (C=O) groups is 1. The molecule has 4 saturated carbocycles. The molecule has 7 rings (SSSR count). The summed E-state index contributed by atoms with van der Waals surface area (Å²) >= 11 is 0. The van der Waals surface area contributed by atoms with Gasteiger partial charge in [0, 0.05) is 31.7 Å². The summed E-state index contributed by atoms with van der Waals surface area (Å²) in [4.78, 5) is 12.2. The number of methoxy groups -OCH3 is 1. The maximum atomic E-state index is 12.2. The minimum atomic E-state index is -0.112. The number of rotatable bonds is 10. The number of hydrogen-bond donors (Lipinski definition) is 0. The Balaban J connectivity index is 1.19. The molecule has 7 aliphatic rings. The second-order valence-corrected chi connectivity index (χ2v) is 17.3. The van der Waals surface area contributed by atoms with Crippen molar-refractivity contribution in [3.63, 3.8) is 0 Å². The van der Waals surface area contributed by atoms with Crippen LogP contribution in [-0.4, -0.2) is 70.1 Å². The largest absolute Gasteiger partial charge is 0.469 e. The third kappa shape index (κ3) is 7.15. The summed E-state index contributed by atoms with van der Waals surface area (Å²) in [5, 5.41) is 0. The Kier molecular flexibility index (Phi) is 11.5. The summed E-state index contributed by atoms with van der Waals surface area (Å²) < 4.78 is 44.8. The third-order valence-electron chi connectivity index (χ3n) is 14.9. The second-order valence-electron chi connectivity index (χ2n) is 17.3. The summed E-state index contributed by atoms with van der Waals surface area (Å²) in [7, 11) is 1.51. The number of hydrogen-bond acceptors (Lipinski definition) is 8. The molecule has 8 heteroatoms. The van der Waals surface area contributed by atoms with Gasteiger partial charge in [-0.05, 0) is 150 Å². The minimum Gasteiger partial charge on any atom is -0.469 e. The first-order valence-corrected chi connectivity index (χ1v) is 20.2. The van der Waals surface area contributed by atoms with E-state index in [0.29, 0.717) is 41.9 Å². The molecule has 0 aromatic rings. The van der Waals surface area contributed by atoms with Crippen LogP contribution >= 0.6 is 0 Å². The Morgan fingerprint density at radius 2 is 1.40 bits per heavy atom. The lowest BCUT2D eigenvalue weighted by Gasteiger charge is -2.65. The Morgan fingerprint density at radius 3 is 2.02 bits per heavy atom. The lowest BCUT2D eigenvalue weighted by molar-refractivity contribution is -0.289. The number of esters is 1. The molecule has 3 heterocycles. The van der Waals surface area contributed by atoms with Crippen LogP contribution in [0, 0.1) is 46.3 Å². The van der Waals surface area contributed by atoms with E-state index in [4.69, 9.17) is 33.2 Å². The molecule has 0 aromatic carbocycles. The molecule has 0 spiro atoms. The lowest BCUT2D eigenvalue weighted by Crippen LogP contribution is -2.64. The maximum Gasteiger partial charge on any atom is 0.305 e. The van der Waals surface area contributed by atoms with Gasteiger partial charge in [-0.1, -0.05) is 20.8 Å². The molecule has 0 bridgehead atoms. The topological polar surface area (TPSA) is 81.7 Å². The van der Waals surface area contributed by atoms with Crippen molar-refractivity contribution in [2.75, 3.05) is 26.9 Å². The van der Waals surface area contributed by atoms with Crippen molar-refractivity contribution in [2.24, 2.45) is 46.3 Å². The molecule has 7 fully saturated rings. The van der Waals surface area contributed by atoms with Crippen molar-refractivity contribution in [1.29, 1.82) is 0 Å². The van der Waals surface area contributed by atoms with Crippen LogP contribution in [0.1, 0.15) is 136 Å². The van der Waals surface area contributed by atoms with Gasteiger partial charge in [0.1, 0.15) is 0 Å². The normalized spacial score (nSPS) is 47.0. The number of carbonyl (C=O) groups excluding carboxylic acids is 1. The fourth-order valence-corrected chi connectivity index (χ4v) is 12.2. The van der Waals surface area contributed by atoms with Gasteiger partial charge in [0.25, 0.3) is 0 Å². The molecule has 0 amide bonds. The Morgan fingerprint density at radius 1 is 0.750 bits per heavy atom. The van der Waals surface area contributed by atoms with Crippen LogP contribution in [0.4, 0.5) is 0 Å². The summed E-state index contributed by atoms with van der Waals surface area (Å²) in [6.07, 6.45) is 19.6. The van der Waals surface area contributed by atoms with Crippen molar-refractivity contribution >= 4 is 5.97 Å². The molecule has 0 N–H and O–H groups in total. The van der Waals surface area contributed by atoms with E-state index in [2.05, 4.69) is 20.8 Å². The van der Waals surface area contributed by atoms with Crippen LogP contribution in [0.5, 0.6) is 0 Å². The van der Waals surface area contributed by atoms with Crippen LogP contribution in [0.2, 0.25) is 0 Å². The van der Waals surface area contributed by atoms with Gasteiger partial charge in [0.15, 0.2) is 18.9 Å². The fourth-order valence-electron chi connectivity index (χ4n) is 12.2. The summed E-state index contributed by atoms with van der Waals surface area (Å²) in [5.41, 5.74) is 0.213. The Labute approximate surface area is 290 Å². The van der Waals surface area contributed by atoms with Crippen molar-refractivity contribution in [2.45, 2.75) is 174 Å². The molecule has 3 unspecified atom stereocenters. The van der Waals surface area contributed by atoms with E-state index in [9.17, 15) is 4.79 Å². The number of fused-ring (bicyclic) bond motifs is 5. The second kappa shape index (κ2) is 15.5. The first kappa shape index (κ1) is 35.6. The van der Waals surface area contributed by atoms with Gasteiger partial charge < -0.3 is 33.2 Å². The highest BCUT2D eigenvalue weighted by atomic mass is 16.7. The molecular weight excluding hydrogens is 608 g/mol. The minimum absolute atomic E-state index is 0.00558. The summed E-state index contributed by atoms with van der Waals surface area (Å²) in [6.45, 7) is 9.99. The van der Waals surface area contributed by atoms with Crippen molar-refractivity contribution in [3.8, 4) is 0 Å². The molecule has 4 aliphatic carbocycles. The zero-order chi connectivity index (χ0) is 33.3. The predicted molar refractivity (Wildman–Crippen MR) is 182 cm³/mol. The molecule has 8 nitrogen and oxygen atoms in total. The summed E-state index contributed by atoms with van der Waals surface area (Å²) in [5.74, 6) is 2.84. The van der Waals surface area contributed by atoms with E-state index >= 15 is 0 Å². The van der Waals surface area contributed by atoms with Gasteiger partial charge in [-0.2, -0.15) is 0 Å². The first-order chi connectivity index (χ1) is 23.3. The van der Waals surface area contributed by atoms with Crippen LogP contribution in [0.25, 0.3) is 0 Å². The standard InChI is InChI=1S/C40H66O8/c1-26(14-17-34(41)42-4)29-15-16-30-38-31(25-33(40(29,30)3)48-37-13-7-10-22-45-37)39(2)19-18-28(46-35-11-5-8-20-43-35)23-27(39)24-32(38)47-36-12-6-9-21-44-36/h26-33,35-38H,5-25H2,1-4H3/t26-,27+,28-,29-,30+,31+,32-,33+,35?,36?,37?,38+,39+,40-/m1/s1. The van der Waals surface area contributed by atoms with Gasteiger partial charge in [0.2, 0.25) is 0 Å². The molecule has 3 saturated heterocycles. The van der Waals surface area contributed by atoms with Gasteiger partial charge >= 0.3 is 5.97 Å². The monoisotopic (exact) mass is 674 g/mol. The molecule has 3 aliphatic heterocycles. The smallest absolute Gasteiger partial charge is 0.305 e. The highest BCUT2D eigenvalue weighted by Crippen LogP contribution is 2.69. The van der Waals surface area contributed by atoms with Crippen LogP contribution < -0.4 is 0 Å². The van der Waals surface area contributed by atoms with Crippen LogP contribution in [0.3, 0.4) is 0 Å². The lowest BCUT2D eigenvalue weighted by atomic mass is 9.43.